The molecule has 0 aromatic carbocycles. The Labute approximate surface area is 57.5 Å². The van der Waals surface area contributed by atoms with Gasteiger partial charge >= 0.3 is 0 Å². The van der Waals surface area contributed by atoms with Crippen molar-refractivity contribution < 1.29 is 4.79 Å². The van der Waals surface area contributed by atoms with Crippen LogP contribution in [0.3, 0.4) is 0 Å². The van der Waals surface area contributed by atoms with Crippen molar-refractivity contribution in [3.05, 3.63) is 0 Å². The lowest BCUT2D eigenvalue weighted by atomic mass is 10.1. The highest BCUT2D eigenvalue weighted by atomic mass is 16.1. The molecule has 1 heteroatoms. The Bertz CT molecular complexity index is 96.7. The topological polar surface area (TPSA) is 17.1 Å². The molecule has 1 fully saturated rings. The molecule has 1 aliphatic rings. The summed E-state index contributed by atoms with van der Waals surface area (Å²) in [5.41, 5.74) is 0. The maximum Gasteiger partial charge on any atom is 0.133 e. The zero-order valence-corrected chi connectivity index (χ0v) is 5.31. The Morgan fingerprint density at radius 1 is 1.67 bits per heavy atom. The molecule has 0 aromatic rings. The maximum atomic E-state index is 10.6. The van der Waals surface area contributed by atoms with Gasteiger partial charge in [0, 0.05) is 12.8 Å². The summed E-state index contributed by atoms with van der Waals surface area (Å²) in [5, 5.41) is 0. The first-order valence-corrected chi connectivity index (χ1v) is 3.34. The third kappa shape index (κ3) is 2.17. The summed E-state index contributed by atoms with van der Waals surface area (Å²) in [4.78, 5) is 10.6. The van der Waals surface area contributed by atoms with Crippen LogP contribution in [0.1, 0.15) is 40.0 Å². The number of rotatable bonds is 1. The fourth-order valence-corrected chi connectivity index (χ4v) is 1.24. The third-order valence-electron chi connectivity index (χ3n) is 1.93. The van der Waals surface area contributed by atoms with Crippen molar-refractivity contribution >= 4 is 5.78 Å². The van der Waals surface area contributed by atoms with E-state index in [1.54, 1.807) is 0 Å². The predicted molar refractivity (Wildman–Crippen MR) is 39.4 cm³/mol. The van der Waals surface area contributed by atoms with E-state index in [9.17, 15) is 4.79 Å². The van der Waals surface area contributed by atoms with Gasteiger partial charge in [0.05, 0.1) is 0 Å². The molecule has 0 N–H and O–H groups in total. The van der Waals surface area contributed by atoms with Gasteiger partial charge < -0.3 is 0 Å². The number of Topliss-reactive ketones (excluding diaryl/α,β-unsaturated/α-hetero) is 1. The lowest BCUT2D eigenvalue weighted by molar-refractivity contribution is -0.117. The second-order valence-electron chi connectivity index (χ2n) is 2.56. The highest BCUT2D eigenvalue weighted by molar-refractivity contribution is 5.80. The van der Waals surface area contributed by atoms with E-state index < -0.39 is 0 Å². The first-order chi connectivity index (χ1) is 3.83. The molecule has 54 valence electrons. The molecule has 1 rings (SSSR count). The summed E-state index contributed by atoms with van der Waals surface area (Å²) in [7, 11) is 0. The third-order valence-corrected chi connectivity index (χ3v) is 1.93. The summed E-state index contributed by atoms with van der Waals surface area (Å²) >= 11 is 0. The zero-order valence-electron chi connectivity index (χ0n) is 5.31. The highest BCUT2D eigenvalue weighted by Crippen LogP contribution is 2.23. The van der Waals surface area contributed by atoms with E-state index in [0.29, 0.717) is 5.78 Å². The molecule has 1 atom stereocenters. The molecule has 0 bridgehead atoms. The quantitative estimate of drug-likeness (QED) is 0.530. The Kier molecular flexibility index (Phi) is 3.52. The molecule has 0 aliphatic heterocycles. The normalized spacial score (nSPS) is 25.9. The summed E-state index contributed by atoms with van der Waals surface area (Å²) < 4.78 is 0. The van der Waals surface area contributed by atoms with Crippen LogP contribution in [0.2, 0.25) is 0 Å². The number of carbonyl (C=O) groups is 1. The molecular weight excluding hydrogens is 112 g/mol. The van der Waals surface area contributed by atoms with Gasteiger partial charge in [-0.15, -0.1) is 0 Å². The zero-order chi connectivity index (χ0) is 5.98. The highest BCUT2D eigenvalue weighted by Gasteiger charge is 2.19. The molecule has 0 aromatic heterocycles. The minimum absolute atomic E-state index is 0. The Morgan fingerprint density at radius 3 is 2.56 bits per heavy atom. The van der Waals surface area contributed by atoms with Crippen molar-refractivity contribution in [2.75, 3.05) is 0 Å². The summed E-state index contributed by atoms with van der Waals surface area (Å²) in [6.07, 6.45) is 4.04. The Balaban J connectivity index is 0.000000640. The minimum atomic E-state index is 0. The summed E-state index contributed by atoms with van der Waals surface area (Å²) in [6.45, 7) is 2.16. The van der Waals surface area contributed by atoms with Gasteiger partial charge in [0.15, 0.2) is 0 Å². The molecule has 1 saturated carbocycles. The molecule has 0 spiro atoms. The first-order valence-electron chi connectivity index (χ1n) is 3.34. The monoisotopic (exact) mass is 128 g/mol. The van der Waals surface area contributed by atoms with Crippen molar-refractivity contribution in [3.8, 4) is 0 Å². The average molecular weight is 128 g/mol. The fourth-order valence-electron chi connectivity index (χ4n) is 1.24. The van der Waals surface area contributed by atoms with E-state index in [0.717, 1.165) is 25.2 Å². The number of hydrogen-bond acceptors (Lipinski definition) is 1. The molecule has 0 heterocycles. The van der Waals surface area contributed by atoms with Crippen molar-refractivity contribution in [2.24, 2.45) is 5.92 Å². The van der Waals surface area contributed by atoms with Crippen LogP contribution >= 0.6 is 0 Å². The van der Waals surface area contributed by atoms with Crippen molar-refractivity contribution in [2.45, 2.75) is 40.0 Å². The Morgan fingerprint density at radius 2 is 2.33 bits per heavy atom. The van der Waals surface area contributed by atoms with Crippen LogP contribution < -0.4 is 0 Å². The van der Waals surface area contributed by atoms with Gasteiger partial charge in [-0.25, -0.2) is 0 Å². The van der Waals surface area contributed by atoms with Crippen LogP contribution in [0, 0.1) is 5.92 Å². The van der Waals surface area contributed by atoms with Gasteiger partial charge in [-0.1, -0.05) is 20.8 Å². The lowest BCUT2D eigenvalue weighted by Gasteiger charge is -1.98. The molecule has 1 aliphatic carbocycles. The van der Waals surface area contributed by atoms with Gasteiger partial charge in [0.25, 0.3) is 0 Å². The van der Waals surface area contributed by atoms with Gasteiger partial charge in [-0.2, -0.15) is 0 Å². The number of ketones is 1. The van der Waals surface area contributed by atoms with Gasteiger partial charge in [-0.3, -0.25) is 4.79 Å². The van der Waals surface area contributed by atoms with Gasteiger partial charge in [0.2, 0.25) is 0 Å². The second kappa shape index (κ2) is 3.65. The molecule has 0 radical (unpaired) electrons. The lowest BCUT2D eigenvalue weighted by Crippen LogP contribution is -1.91. The predicted octanol–water partition coefficient (Wildman–Crippen LogP) is 2.40. The minimum Gasteiger partial charge on any atom is -0.300 e. The van der Waals surface area contributed by atoms with E-state index in [2.05, 4.69) is 6.92 Å². The van der Waals surface area contributed by atoms with Crippen LogP contribution in [-0.2, 0) is 4.79 Å². The standard InChI is InChI=1S/C7H12O.CH4/c1-2-6-3-4-7(8)5-6;/h6H,2-5H2,1H3;1H4. The van der Waals surface area contributed by atoms with Crippen molar-refractivity contribution in [1.29, 1.82) is 0 Å². The maximum absolute atomic E-state index is 10.6. The van der Waals surface area contributed by atoms with Crippen LogP contribution in [-0.4, -0.2) is 5.78 Å². The van der Waals surface area contributed by atoms with Crippen LogP contribution in [0.4, 0.5) is 0 Å². The van der Waals surface area contributed by atoms with Crippen molar-refractivity contribution in [1.82, 2.24) is 0 Å². The van der Waals surface area contributed by atoms with Crippen LogP contribution in [0.15, 0.2) is 0 Å². The molecule has 0 amide bonds. The second-order valence-corrected chi connectivity index (χ2v) is 2.56. The molecule has 1 nitrogen and oxygen atoms in total. The molecule has 1 unspecified atom stereocenters. The van der Waals surface area contributed by atoms with Gasteiger partial charge in [-0.05, 0) is 12.3 Å². The largest absolute Gasteiger partial charge is 0.300 e. The van der Waals surface area contributed by atoms with E-state index >= 15 is 0 Å². The molecule has 0 saturated heterocycles. The number of hydrogen-bond donors (Lipinski definition) is 0. The SMILES string of the molecule is C.CCC1CCC(=O)C1. The van der Waals surface area contributed by atoms with Crippen LogP contribution in [0.5, 0.6) is 0 Å². The average Bonchev–Trinajstić information content (AvgIpc) is 2.14. The van der Waals surface area contributed by atoms with E-state index in [4.69, 9.17) is 0 Å². The Hall–Kier alpha value is -0.330. The van der Waals surface area contributed by atoms with E-state index in [1.807, 2.05) is 0 Å². The number of carbonyl (C=O) groups excluding carboxylic acids is 1. The van der Waals surface area contributed by atoms with Crippen molar-refractivity contribution in [3.63, 3.8) is 0 Å². The fraction of sp³-hybridized carbons (Fsp3) is 0.875. The first kappa shape index (κ1) is 8.67. The summed E-state index contributed by atoms with van der Waals surface area (Å²) in [5.74, 6) is 1.19. The van der Waals surface area contributed by atoms with Gasteiger partial charge in [0.1, 0.15) is 5.78 Å². The molecule has 9 heavy (non-hydrogen) atoms. The summed E-state index contributed by atoms with van der Waals surface area (Å²) in [6, 6.07) is 0. The van der Waals surface area contributed by atoms with E-state index in [1.165, 1.54) is 6.42 Å². The van der Waals surface area contributed by atoms with E-state index in [-0.39, 0.29) is 7.43 Å². The van der Waals surface area contributed by atoms with Crippen LogP contribution in [0.25, 0.3) is 0 Å². The molecular formula is C8H16O. The smallest absolute Gasteiger partial charge is 0.133 e.